The number of carbonyl (C=O) groups excluding carboxylic acids is 1. The number of benzene rings is 1. The summed E-state index contributed by atoms with van der Waals surface area (Å²) in [6, 6.07) is 8.29. The Bertz CT molecular complexity index is 736. The molecule has 2 aliphatic heterocycles. The largest absolute Gasteiger partial charge is 0.486 e. The van der Waals surface area contributed by atoms with Crippen LogP contribution in [0.15, 0.2) is 18.2 Å². The highest BCUT2D eigenvalue weighted by Crippen LogP contribution is 2.38. The van der Waals surface area contributed by atoms with E-state index in [1.54, 1.807) is 0 Å². The van der Waals surface area contributed by atoms with Crippen LogP contribution in [0, 0.1) is 16.7 Å². The van der Waals surface area contributed by atoms with E-state index in [-0.39, 0.29) is 17.4 Å². The van der Waals surface area contributed by atoms with E-state index in [4.69, 9.17) is 14.7 Å². The molecule has 3 rings (SSSR count). The van der Waals surface area contributed by atoms with Gasteiger partial charge in [-0.25, -0.2) is 0 Å². The van der Waals surface area contributed by atoms with Crippen LogP contribution >= 0.6 is 0 Å². The van der Waals surface area contributed by atoms with Crippen molar-refractivity contribution in [1.29, 1.82) is 5.26 Å². The second-order valence-corrected chi connectivity index (χ2v) is 8.83. The summed E-state index contributed by atoms with van der Waals surface area (Å²) in [5.41, 5.74) is 1.19. The molecule has 0 saturated carbocycles. The molecular weight excluding hydrogens is 354 g/mol. The predicted molar refractivity (Wildman–Crippen MR) is 107 cm³/mol. The molecule has 1 fully saturated rings. The summed E-state index contributed by atoms with van der Waals surface area (Å²) < 4.78 is 11.3. The molecule has 0 aliphatic carbocycles. The van der Waals surface area contributed by atoms with Crippen molar-refractivity contribution < 1.29 is 14.3 Å². The van der Waals surface area contributed by atoms with E-state index < -0.39 is 0 Å². The fourth-order valence-corrected chi connectivity index (χ4v) is 4.05. The Morgan fingerprint density at radius 2 is 2.04 bits per heavy atom. The van der Waals surface area contributed by atoms with Crippen LogP contribution in [-0.4, -0.2) is 55.1 Å². The van der Waals surface area contributed by atoms with E-state index in [0.717, 1.165) is 43.0 Å². The first-order valence-corrected chi connectivity index (χ1v) is 10.2. The van der Waals surface area contributed by atoms with Gasteiger partial charge in [0, 0.05) is 26.1 Å². The first kappa shape index (κ1) is 20.5. The minimum atomic E-state index is 0.0793. The van der Waals surface area contributed by atoms with Gasteiger partial charge < -0.3 is 14.4 Å². The monoisotopic (exact) mass is 385 g/mol. The molecule has 1 saturated heterocycles. The molecule has 2 aliphatic rings. The normalized spacial score (nSPS) is 19.0. The first-order valence-electron chi connectivity index (χ1n) is 10.2. The fourth-order valence-electron chi connectivity index (χ4n) is 4.05. The number of likely N-dealkylation sites (tertiary alicyclic amines) is 1. The van der Waals surface area contributed by atoms with Gasteiger partial charge in [0.05, 0.1) is 18.7 Å². The number of hydrogen-bond donors (Lipinski definition) is 0. The molecule has 0 N–H and O–H groups in total. The molecule has 152 valence electrons. The lowest BCUT2D eigenvalue weighted by Gasteiger charge is -2.32. The highest BCUT2D eigenvalue weighted by atomic mass is 16.6. The molecule has 0 aromatic heterocycles. The number of hydrogen-bond acceptors (Lipinski definition) is 5. The van der Waals surface area contributed by atoms with Gasteiger partial charge in [0.1, 0.15) is 13.2 Å². The van der Waals surface area contributed by atoms with E-state index in [0.29, 0.717) is 32.7 Å². The van der Waals surface area contributed by atoms with Gasteiger partial charge in [0.15, 0.2) is 11.5 Å². The summed E-state index contributed by atoms with van der Waals surface area (Å²) in [6.45, 7) is 10.2. The third kappa shape index (κ3) is 5.17. The molecule has 2 heterocycles. The summed E-state index contributed by atoms with van der Waals surface area (Å²) in [7, 11) is 0. The third-order valence-corrected chi connectivity index (χ3v) is 5.12. The minimum absolute atomic E-state index is 0.0793. The zero-order valence-electron chi connectivity index (χ0n) is 17.2. The Morgan fingerprint density at radius 3 is 2.75 bits per heavy atom. The van der Waals surface area contributed by atoms with E-state index in [1.807, 2.05) is 23.1 Å². The van der Waals surface area contributed by atoms with Crippen LogP contribution in [0.1, 0.15) is 51.6 Å². The molecule has 28 heavy (non-hydrogen) atoms. The maximum absolute atomic E-state index is 13.1. The molecular formula is C22H31N3O3. The number of nitriles is 1. The Morgan fingerprint density at radius 1 is 1.29 bits per heavy atom. The van der Waals surface area contributed by atoms with Gasteiger partial charge in [0.25, 0.3) is 0 Å². The molecule has 0 radical (unpaired) electrons. The Balaban J connectivity index is 1.70. The van der Waals surface area contributed by atoms with Crippen molar-refractivity contribution in [1.82, 2.24) is 9.80 Å². The van der Waals surface area contributed by atoms with Gasteiger partial charge in [-0.15, -0.1) is 0 Å². The Hall–Kier alpha value is -2.26. The van der Waals surface area contributed by atoms with Gasteiger partial charge in [-0.1, -0.05) is 26.8 Å². The van der Waals surface area contributed by atoms with E-state index in [1.165, 1.54) is 0 Å². The molecule has 0 bridgehead atoms. The van der Waals surface area contributed by atoms with Crippen LogP contribution < -0.4 is 9.47 Å². The average Bonchev–Trinajstić information content (AvgIpc) is 3.14. The highest BCUT2D eigenvalue weighted by Gasteiger charge is 2.32. The second-order valence-electron chi connectivity index (χ2n) is 8.83. The molecule has 1 atom stereocenters. The molecule has 1 unspecified atom stereocenters. The van der Waals surface area contributed by atoms with E-state index >= 15 is 0 Å². The molecule has 6 heteroatoms. The predicted octanol–water partition coefficient (Wildman–Crippen LogP) is 3.38. The van der Waals surface area contributed by atoms with Crippen LogP contribution in [0.4, 0.5) is 0 Å². The molecule has 1 aromatic rings. The van der Waals surface area contributed by atoms with Crippen molar-refractivity contribution in [2.45, 2.75) is 46.1 Å². The summed E-state index contributed by atoms with van der Waals surface area (Å²) in [4.78, 5) is 17.2. The van der Waals surface area contributed by atoms with E-state index in [2.05, 4.69) is 31.7 Å². The smallest absolute Gasteiger partial charge is 0.237 e. The zero-order valence-corrected chi connectivity index (χ0v) is 17.2. The third-order valence-electron chi connectivity index (χ3n) is 5.12. The van der Waals surface area contributed by atoms with Gasteiger partial charge in [-0.2, -0.15) is 5.26 Å². The lowest BCUT2D eigenvalue weighted by Crippen LogP contribution is -2.43. The van der Waals surface area contributed by atoms with Crippen molar-refractivity contribution in [3.8, 4) is 17.6 Å². The Labute approximate surface area is 168 Å². The standard InChI is InChI=1S/C22H31N3O3/c1-22(2,3)16-24(10-5-9-23)15-21(26)25-11-4-6-18(25)17-7-8-19-20(14-17)28-13-12-27-19/h7-8,14,18H,4-6,10-13,15-16H2,1-3H3. The lowest BCUT2D eigenvalue weighted by molar-refractivity contribution is -0.133. The van der Waals surface area contributed by atoms with Crippen LogP contribution in [0.5, 0.6) is 11.5 Å². The number of fused-ring (bicyclic) bond motifs is 1. The van der Waals surface area contributed by atoms with Crippen LogP contribution in [-0.2, 0) is 4.79 Å². The summed E-state index contributed by atoms with van der Waals surface area (Å²) in [5, 5.41) is 8.95. The minimum Gasteiger partial charge on any atom is -0.486 e. The maximum Gasteiger partial charge on any atom is 0.237 e. The van der Waals surface area contributed by atoms with Crippen molar-refractivity contribution >= 4 is 5.91 Å². The quantitative estimate of drug-likeness (QED) is 0.751. The number of rotatable bonds is 6. The van der Waals surface area contributed by atoms with Crippen molar-refractivity contribution in [3.63, 3.8) is 0 Å². The van der Waals surface area contributed by atoms with Crippen molar-refractivity contribution in [2.75, 3.05) is 39.4 Å². The van der Waals surface area contributed by atoms with E-state index in [9.17, 15) is 4.79 Å². The van der Waals surface area contributed by atoms with Crippen LogP contribution in [0.3, 0.4) is 0 Å². The SMILES string of the molecule is CC(C)(C)CN(CCC#N)CC(=O)N1CCCC1c1ccc2c(c1)OCCO2. The number of amides is 1. The van der Waals surface area contributed by atoms with Crippen molar-refractivity contribution in [3.05, 3.63) is 23.8 Å². The van der Waals surface area contributed by atoms with Crippen LogP contribution in [0.2, 0.25) is 0 Å². The molecule has 6 nitrogen and oxygen atoms in total. The summed E-state index contributed by atoms with van der Waals surface area (Å²) >= 11 is 0. The zero-order chi connectivity index (χ0) is 20.1. The fraction of sp³-hybridized carbons (Fsp3) is 0.636. The van der Waals surface area contributed by atoms with Crippen molar-refractivity contribution in [2.24, 2.45) is 5.41 Å². The molecule has 1 amide bonds. The first-order chi connectivity index (χ1) is 13.4. The molecule has 1 aromatic carbocycles. The number of ether oxygens (including phenoxy) is 2. The lowest BCUT2D eigenvalue weighted by atomic mass is 9.96. The number of nitrogens with zero attached hydrogens (tertiary/aromatic N) is 3. The van der Waals surface area contributed by atoms with Gasteiger partial charge >= 0.3 is 0 Å². The second kappa shape index (κ2) is 8.83. The summed E-state index contributed by atoms with van der Waals surface area (Å²) in [5.74, 6) is 1.68. The topological polar surface area (TPSA) is 65.8 Å². The molecule has 0 spiro atoms. The van der Waals surface area contributed by atoms with Crippen LogP contribution in [0.25, 0.3) is 0 Å². The average molecular weight is 386 g/mol. The highest BCUT2D eigenvalue weighted by molar-refractivity contribution is 5.79. The summed E-state index contributed by atoms with van der Waals surface area (Å²) in [6.07, 6.45) is 2.40. The number of carbonyl (C=O) groups is 1. The van der Waals surface area contributed by atoms with Gasteiger partial charge in [-0.3, -0.25) is 9.69 Å². The van der Waals surface area contributed by atoms with Gasteiger partial charge in [-0.05, 0) is 36.0 Å². The van der Waals surface area contributed by atoms with Gasteiger partial charge in [0.2, 0.25) is 5.91 Å². The Kier molecular flexibility index (Phi) is 6.46. The maximum atomic E-state index is 13.1.